The summed E-state index contributed by atoms with van der Waals surface area (Å²) in [6.07, 6.45) is 1.21. The van der Waals surface area contributed by atoms with Crippen LogP contribution in [0.15, 0.2) is 30.5 Å². The predicted octanol–water partition coefficient (Wildman–Crippen LogP) is 2.40. The van der Waals surface area contributed by atoms with Crippen LogP contribution in [0.2, 0.25) is 5.02 Å². The van der Waals surface area contributed by atoms with Gasteiger partial charge in [0.2, 0.25) is 0 Å². The topological polar surface area (TPSA) is 120 Å². The summed E-state index contributed by atoms with van der Waals surface area (Å²) in [6.45, 7) is 3.59. The van der Waals surface area contributed by atoms with Gasteiger partial charge in [-0.2, -0.15) is 5.10 Å². The second-order valence-corrected chi connectivity index (χ2v) is 6.77. The summed E-state index contributed by atoms with van der Waals surface area (Å²) in [5.74, 6) is 0.0198. The lowest BCUT2D eigenvalue weighted by Crippen LogP contribution is -2.50. The van der Waals surface area contributed by atoms with E-state index >= 15 is 0 Å². The van der Waals surface area contributed by atoms with Gasteiger partial charge in [-0.1, -0.05) is 11.6 Å². The minimum Gasteiger partial charge on any atom is -0.470 e. The van der Waals surface area contributed by atoms with E-state index < -0.39 is 4.92 Å². The summed E-state index contributed by atoms with van der Waals surface area (Å²) in [6, 6.07) is 5.46. The van der Waals surface area contributed by atoms with E-state index in [9.17, 15) is 19.7 Å². The van der Waals surface area contributed by atoms with Crippen LogP contribution in [0.1, 0.15) is 17.4 Å². The molecule has 1 saturated heterocycles. The molecule has 12 heteroatoms. The smallest absolute Gasteiger partial charge is 0.409 e. The average Bonchev–Trinajstić information content (AvgIpc) is 3.21. The van der Waals surface area contributed by atoms with Gasteiger partial charge in [0.25, 0.3) is 11.6 Å². The van der Waals surface area contributed by atoms with E-state index in [4.69, 9.17) is 21.1 Å². The summed E-state index contributed by atoms with van der Waals surface area (Å²) in [7, 11) is 0. The molecule has 0 bridgehead atoms. The maximum atomic E-state index is 12.6. The quantitative estimate of drug-likeness (QED) is 0.502. The lowest BCUT2D eigenvalue weighted by molar-refractivity contribution is -0.384. The standard InChI is InChI=1S/C18H20ClN5O6/c1-2-29-18(26)22-9-7-21(8-10-22)17(25)15-5-6-23(20-15)12-30-16-4-3-13(24(27)28)11-14(16)19/h3-6,11H,2,7-10,12H2,1H3. The second kappa shape index (κ2) is 9.44. The number of carbonyl (C=O) groups excluding carboxylic acids is 2. The van der Waals surface area contributed by atoms with Gasteiger partial charge in [-0.3, -0.25) is 14.9 Å². The third kappa shape index (κ3) is 4.98. The van der Waals surface area contributed by atoms with Gasteiger partial charge in [0.05, 0.1) is 16.6 Å². The van der Waals surface area contributed by atoms with Crippen molar-refractivity contribution < 1.29 is 24.0 Å². The number of amides is 2. The number of hydrogen-bond donors (Lipinski definition) is 0. The third-order valence-electron chi connectivity index (χ3n) is 4.43. The zero-order chi connectivity index (χ0) is 21.7. The van der Waals surface area contributed by atoms with Crippen LogP contribution >= 0.6 is 11.6 Å². The van der Waals surface area contributed by atoms with Crippen molar-refractivity contribution in [2.24, 2.45) is 0 Å². The Bertz CT molecular complexity index is 941. The van der Waals surface area contributed by atoms with Crippen LogP contribution in [-0.4, -0.2) is 69.3 Å². The van der Waals surface area contributed by atoms with E-state index in [1.807, 2.05) is 0 Å². The molecule has 1 aliphatic heterocycles. The molecule has 2 aromatic rings. The van der Waals surface area contributed by atoms with Crippen molar-refractivity contribution in [1.29, 1.82) is 0 Å². The molecule has 0 unspecified atom stereocenters. The van der Waals surface area contributed by atoms with Crippen molar-refractivity contribution >= 4 is 29.3 Å². The maximum absolute atomic E-state index is 12.6. The number of nitrogens with zero attached hydrogens (tertiary/aromatic N) is 5. The van der Waals surface area contributed by atoms with Crippen LogP contribution in [0.5, 0.6) is 5.75 Å². The molecule has 160 valence electrons. The molecule has 2 amide bonds. The number of nitro groups is 1. The Balaban J connectivity index is 1.54. The van der Waals surface area contributed by atoms with Gasteiger partial charge in [-0.15, -0.1) is 0 Å². The van der Waals surface area contributed by atoms with Gasteiger partial charge in [0.15, 0.2) is 12.4 Å². The maximum Gasteiger partial charge on any atom is 0.409 e. The largest absolute Gasteiger partial charge is 0.470 e. The summed E-state index contributed by atoms with van der Waals surface area (Å²) < 4.78 is 11.9. The van der Waals surface area contributed by atoms with E-state index in [1.165, 1.54) is 22.9 Å². The van der Waals surface area contributed by atoms with Gasteiger partial charge >= 0.3 is 6.09 Å². The fourth-order valence-corrected chi connectivity index (χ4v) is 3.10. The number of nitro benzene ring substituents is 1. The molecule has 11 nitrogen and oxygen atoms in total. The minimum atomic E-state index is -0.548. The minimum absolute atomic E-state index is 0.0263. The Morgan fingerprint density at radius 2 is 1.90 bits per heavy atom. The van der Waals surface area contributed by atoms with Gasteiger partial charge in [-0.25, -0.2) is 9.48 Å². The highest BCUT2D eigenvalue weighted by atomic mass is 35.5. The highest BCUT2D eigenvalue weighted by Gasteiger charge is 2.26. The number of non-ortho nitro benzene ring substituents is 1. The lowest BCUT2D eigenvalue weighted by Gasteiger charge is -2.33. The predicted molar refractivity (Wildman–Crippen MR) is 105 cm³/mol. The van der Waals surface area contributed by atoms with E-state index in [-0.39, 0.29) is 40.9 Å². The molecule has 0 atom stereocenters. The van der Waals surface area contributed by atoms with Crippen LogP contribution in [0, 0.1) is 10.1 Å². The van der Waals surface area contributed by atoms with Gasteiger partial charge < -0.3 is 19.3 Å². The molecule has 1 aliphatic rings. The number of piperazine rings is 1. The number of rotatable bonds is 6. The van der Waals surface area contributed by atoms with Gasteiger partial charge in [0, 0.05) is 44.5 Å². The second-order valence-electron chi connectivity index (χ2n) is 6.36. The zero-order valence-corrected chi connectivity index (χ0v) is 16.9. The van der Waals surface area contributed by atoms with Crippen LogP contribution in [0.3, 0.4) is 0 Å². The SMILES string of the molecule is CCOC(=O)N1CCN(C(=O)c2ccn(COc3ccc([N+](=O)[O-])cc3Cl)n2)CC1. The number of benzene rings is 1. The van der Waals surface area contributed by atoms with Gasteiger partial charge in [0.1, 0.15) is 5.75 Å². The molecular formula is C18H20ClN5O6. The zero-order valence-electron chi connectivity index (χ0n) is 16.2. The molecule has 1 aromatic carbocycles. The number of aromatic nitrogens is 2. The molecular weight excluding hydrogens is 418 g/mol. The molecule has 3 rings (SSSR count). The summed E-state index contributed by atoms with van der Waals surface area (Å²) in [5.41, 5.74) is 0.111. The number of halogens is 1. The Labute approximate surface area is 176 Å². The first-order chi connectivity index (χ1) is 14.4. The summed E-state index contributed by atoms with van der Waals surface area (Å²) in [5, 5.41) is 15.1. The van der Waals surface area contributed by atoms with Crippen molar-refractivity contribution in [3.8, 4) is 5.75 Å². The molecule has 0 radical (unpaired) electrons. The van der Waals surface area contributed by atoms with Crippen LogP contribution in [0.25, 0.3) is 0 Å². The van der Waals surface area contributed by atoms with E-state index in [1.54, 1.807) is 29.0 Å². The Kier molecular flexibility index (Phi) is 6.72. The van der Waals surface area contributed by atoms with E-state index in [0.717, 1.165) is 0 Å². The Morgan fingerprint density at radius 3 is 2.53 bits per heavy atom. The lowest BCUT2D eigenvalue weighted by atomic mass is 10.3. The van der Waals surface area contributed by atoms with E-state index in [2.05, 4.69) is 5.10 Å². The van der Waals surface area contributed by atoms with Crippen molar-refractivity contribution in [3.63, 3.8) is 0 Å². The first-order valence-electron chi connectivity index (χ1n) is 9.20. The third-order valence-corrected chi connectivity index (χ3v) is 4.73. The van der Waals surface area contributed by atoms with E-state index in [0.29, 0.717) is 32.8 Å². The number of hydrogen-bond acceptors (Lipinski definition) is 7. The van der Waals surface area contributed by atoms with Gasteiger partial charge in [-0.05, 0) is 19.1 Å². The molecule has 30 heavy (non-hydrogen) atoms. The fraction of sp³-hybridized carbons (Fsp3) is 0.389. The van der Waals surface area contributed by atoms with Crippen molar-refractivity contribution in [3.05, 3.63) is 51.3 Å². The highest BCUT2D eigenvalue weighted by Crippen LogP contribution is 2.28. The molecule has 2 heterocycles. The Morgan fingerprint density at radius 1 is 1.20 bits per heavy atom. The van der Waals surface area contributed by atoms with Crippen molar-refractivity contribution in [2.45, 2.75) is 13.7 Å². The first kappa shape index (κ1) is 21.4. The average molecular weight is 438 g/mol. The molecule has 0 N–H and O–H groups in total. The fourth-order valence-electron chi connectivity index (χ4n) is 2.87. The molecule has 0 aliphatic carbocycles. The van der Waals surface area contributed by atoms with Crippen LogP contribution < -0.4 is 4.74 Å². The monoisotopic (exact) mass is 437 g/mol. The van der Waals surface area contributed by atoms with Crippen molar-refractivity contribution in [1.82, 2.24) is 19.6 Å². The molecule has 0 spiro atoms. The number of ether oxygens (including phenoxy) is 2. The van der Waals surface area contributed by atoms with Crippen LogP contribution in [0.4, 0.5) is 10.5 Å². The van der Waals surface area contributed by atoms with Crippen molar-refractivity contribution in [2.75, 3.05) is 32.8 Å². The number of carbonyl (C=O) groups is 2. The summed E-state index contributed by atoms with van der Waals surface area (Å²) in [4.78, 5) is 37.8. The molecule has 1 aromatic heterocycles. The molecule has 0 saturated carbocycles. The highest BCUT2D eigenvalue weighted by molar-refractivity contribution is 6.32. The van der Waals surface area contributed by atoms with Crippen LogP contribution in [-0.2, 0) is 11.5 Å². The Hall–Kier alpha value is -3.34. The first-order valence-corrected chi connectivity index (χ1v) is 9.58. The normalized spacial score (nSPS) is 13.8. The molecule has 1 fully saturated rings. The summed E-state index contributed by atoms with van der Waals surface area (Å²) >= 11 is 5.99.